The van der Waals surface area contributed by atoms with Gasteiger partial charge in [0.15, 0.2) is 0 Å². The maximum absolute atomic E-state index is 12.4. The van der Waals surface area contributed by atoms with Crippen molar-refractivity contribution >= 4 is 11.8 Å². The molecule has 2 rings (SSSR count). The third kappa shape index (κ3) is 5.11. The van der Waals surface area contributed by atoms with Gasteiger partial charge in [0, 0.05) is 25.1 Å². The number of rotatable bonds is 6. The highest BCUT2D eigenvalue weighted by Crippen LogP contribution is 2.21. The number of likely N-dealkylation sites (tertiary alicyclic amines) is 1. The van der Waals surface area contributed by atoms with Crippen LogP contribution in [0.3, 0.4) is 0 Å². The van der Waals surface area contributed by atoms with Crippen molar-refractivity contribution in [3.05, 3.63) is 42.5 Å². The average molecular weight is 330 g/mol. The highest BCUT2D eigenvalue weighted by atomic mass is 16.5. The van der Waals surface area contributed by atoms with Crippen molar-refractivity contribution in [3.8, 4) is 5.75 Å². The first kappa shape index (κ1) is 18.0. The Balaban J connectivity index is 1.95. The number of carbonyl (C=O) groups excluding carboxylic acids is 2. The minimum atomic E-state index is -0.186. The van der Waals surface area contributed by atoms with E-state index in [2.05, 4.69) is 32.7 Å². The molecule has 5 heteroatoms. The van der Waals surface area contributed by atoms with E-state index in [9.17, 15) is 9.59 Å². The van der Waals surface area contributed by atoms with Crippen LogP contribution in [0, 0.1) is 5.41 Å². The fraction of sp³-hybridized carbons (Fsp3) is 0.474. The fourth-order valence-electron chi connectivity index (χ4n) is 2.75. The van der Waals surface area contributed by atoms with Crippen LogP contribution in [-0.4, -0.2) is 42.5 Å². The van der Waals surface area contributed by atoms with E-state index in [1.165, 1.54) is 0 Å². The molecule has 1 N–H and O–H groups in total. The average Bonchev–Trinajstić information content (AvgIpc) is 2.83. The molecule has 1 atom stereocenters. The lowest BCUT2D eigenvalue weighted by Gasteiger charge is -2.26. The SMILES string of the molecule is C=CCOc1cccc(C(=O)NC2CC(=O)N(CC(C)(C)C)C2)c1. The summed E-state index contributed by atoms with van der Waals surface area (Å²) in [5.41, 5.74) is 0.573. The van der Waals surface area contributed by atoms with Crippen LogP contribution in [0.2, 0.25) is 0 Å². The zero-order valence-corrected chi connectivity index (χ0v) is 14.7. The van der Waals surface area contributed by atoms with Crippen molar-refractivity contribution in [1.29, 1.82) is 0 Å². The van der Waals surface area contributed by atoms with Crippen LogP contribution in [0.25, 0.3) is 0 Å². The number of amides is 2. The van der Waals surface area contributed by atoms with Gasteiger partial charge in [-0.25, -0.2) is 0 Å². The van der Waals surface area contributed by atoms with Crippen molar-refractivity contribution < 1.29 is 14.3 Å². The predicted molar refractivity (Wildman–Crippen MR) is 94.0 cm³/mol. The minimum Gasteiger partial charge on any atom is -0.490 e. The van der Waals surface area contributed by atoms with Gasteiger partial charge in [-0.15, -0.1) is 0 Å². The molecule has 1 aliphatic rings. The second-order valence-corrected chi connectivity index (χ2v) is 7.34. The van der Waals surface area contributed by atoms with Gasteiger partial charge in [0.25, 0.3) is 5.91 Å². The lowest BCUT2D eigenvalue weighted by Crippen LogP contribution is -2.39. The molecule has 1 heterocycles. The summed E-state index contributed by atoms with van der Waals surface area (Å²) in [5, 5.41) is 2.95. The van der Waals surface area contributed by atoms with Crippen molar-refractivity contribution in [2.45, 2.75) is 33.2 Å². The fourth-order valence-corrected chi connectivity index (χ4v) is 2.75. The van der Waals surface area contributed by atoms with Crippen molar-refractivity contribution in [2.75, 3.05) is 19.7 Å². The van der Waals surface area contributed by atoms with Crippen molar-refractivity contribution in [3.63, 3.8) is 0 Å². The molecule has 2 amide bonds. The topological polar surface area (TPSA) is 58.6 Å². The first-order chi connectivity index (χ1) is 11.3. The molecule has 0 bridgehead atoms. The number of nitrogens with one attached hydrogen (secondary N) is 1. The first-order valence-corrected chi connectivity index (χ1v) is 8.21. The number of benzene rings is 1. The maximum atomic E-state index is 12.4. The summed E-state index contributed by atoms with van der Waals surface area (Å²) in [4.78, 5) is 26.3. The van der Waals surface area contributed by atoms with Gasteiger partial charge in [0.2, 0.25) is 5.91 Å². The summed E-state index contributed by atoms with van der Waals surface area (Å²) < 4.78 is 5.44. The third-order valence-corrected chi connectivity index (χ3v) is 3.68. The van der Waals surface area contributed by atoms with E-state index in [0.717, 1.165) is 0 Å². The highest BCUT2D eigenvalue weighted by Gasteiger charge is 2.32. The van der Waals surface area contributed by atoms with E-state index in [1.807, 2.05) is 4.90 Å². The largest absolute Gasteiger partial charge is 0.490 e. The number of hydrogen-bond acceptors (Lipinski definition) is 3. The van der Waals surface area contributed by atoms with Gasteiger partial charge in [-0.1, -0.05) is 39.5 Å². The summed E-state index contributed by atoms with van der Waals surface area (Å²) in [6.45, 7) is 11.5. The van der Waals surface area contributed by atoms with E-state index in [-0.39, 0.29) is 23.3 Å². The van der Waals surface area contributed by atoms with E-state index < -0.39 is 0 Å². The van der Waals surface area contributed by atoms with Crippen LogP contribution in [0.4, 0.5) is 0 Å². The highest BCUT2D eigenvalue weighted by molar-refractivity contribution is 5.95. The number of hydrogen-bond donors (Lipinski definition) is 1. The molecule has 0 radical (unpaired) electrons. The van der Waals surface area contributed by atoms with Gasteiger partial charge < -0.3 is 15.0 Å². The van der Waals surface area contributed by atoms with E-state index in [4.69, 9.17) is 4.74 Å². The summed E-state index contributed by atoms with van der Waals surface area (Å²) >= 11 is 0. The second kappa shape index (κ2) is 7.51. The van der Waals surface area contributed by atoms with E-state index in [1.54, 1.807) is 30.3 Å². The van der Waals surface area contributed by atoms with Crippen LogP contribution in [0.15, 0.2) is 36.9 Å². The lowest BCUT2D eigenvalue weighted by atomic mass is 9.96. The van der Waals surface area contributed by atoms with Gasteiger partial charge in [-0.05, 0) is 23.6 Å². The van der Waals surface area contributed by atoms with Crippen LogP contribution >= 0.6 is 0 Å². The molecule has 0 spiro atoms. The van der Waals surface area contributed by atoms with Crippen LogP contribution < -0.4 is 10.1 Å². The van der Waals surface area contributed by atoms with E-state index in [0.29, 0.717) is 37.4 Å². The molecule has 24 heavy (non-hydrogen) atoms. The summed E-state index contributed by atoms with van der Waals surface area (Å²) in [7, 11) is 0. The first-order valence-electron chi connectivity index (χ1n) is 8.21. The Morgan fingerprint density at radius 2 is 2.21 bits per heavy atom. The van der Waals surface area contributed by atoms with Gasteiger partial charge in [-0.2, -0.15) is 0 Å². The molecule has 1 aromatic carbocycles. The smallest absolute Gasteiger partial charge is 0.251 e. The van der Waals surface area contributed by atoms with Gasteiger partial charge >= 0.3 is 0 Å². The zero-order chi connectivity index (χ0) is 17.7. The number of ether oxygens (including phenoxy) is 1. The molecule has 1 aliphatic heterocycles. The number of carbonyl (C=O) groups is 2. The van der Waals surface area contributed by atoms with Crippen molar-refractivity contribution in [2.24, 2.45) is 5.41 Å². The quantitative estimate of drug-likeness (QED) is 0.816. The van der Waals surface area contributed by atoms with Gasteiger partial charge in [-0.3, -0.25) is 9.59 Å². The number of nitrogens with zero attached hydrogens (tertiary/aromatic N) is 1. The molecule has 0 saturated carbocycles. The molecule has 1 unspecified atom stereocenters. The monoisotopic (exact) mass is 330 g/mol. The normalized spacial score (nSPS) is 17.7. The Bertz CT molecular complexity index is 619. The molecule has 1 aromatic rings. The second-order valence-electron chi connectivity index (χ2n) is 7.34. The van der Waals surface area contributed by atoms with Crippen LogP contribution in [0.5, 0.6) is 5.75 Å². The summed E-state index contributed by atoms with van der Waals surface area (Å²) in [6.07, 6.45) is 2.01. The Hall–Kier alpha value is -2.30. The summed E-state index contributed by atoms with van der Waals surface area (Å²) in [6, 6.07) is 6.86. The Morgan fingerprint density at radius 1 is 1.46 bits per heavy atom. The van der Waals surface area contributed by atoms with E-state index >= 15 is 0 Å². The molecule has 5 nitrogen and oxygen atoms in total. The Kier molecular flexibility index (Phi) is 5.65. The Labute approximate surface area is 143 Å². The van der Waals surface area contributed by atoms with Crippen molar-refractivity contribution in [1.82, 2.24) is 10.2 Å². The molecule has 130 valence electrons. The molecule has 0 aromatic heterocycles. The molecule has 1 saturated heterocycles. The Morgan fingerprint density at radius 3 is 2.88 bits per heavy atom. The van der Waals surface area contributed by atoms with Crippen LogP contribution in [0.1, 0.15) is 37.6 Å². The van der Waals surface area contributed by atoms with Gasteiger partial charge in [0.05, 0.1) is 6.04 Å². The third-order valence-electron chi connectivity index (χ3n) is 3.68. The predicted octanol–water partition coefficient (Wildman–Crippen LogP) is 2.63. The minimum absolute atomic E-state index is 0.0470. The lowest BCUT2D eigenvalue weighted by molar-refractivity contribution is -0.128. The molecule has 1 fully saturated rings. The van der Waals surface area contributed by atoms with Crippen LogP contribution in [-0.2, 0) is 4.79 Å². The zero-order valence-electron chi connectivity index (χ0n) is 14.7. The molecular weight excluding hydrogens is 304 g/mol. The maximum Gasteiger partial charge on any atom is 0.251 e. The van der Waals surface area contributed by atoms with Gasteiger partial charge in [0.1, 0.15) is 12.4 Å². The standard InChI is InChI=1S/C19H26N2O3/c1-5-9-24-16-8-6-7-14(10-16)18(23)20-15-11-17(22)21(12-15)13-19(2,3)4/h5-8,10,15H,1,9,11-13H2,2-4H3,(H,20,23). The summed E-state index contributed by atoms with van der Waals surface area (Å²) in [5.74, 6) is 0.534. The molecule has 0 aliphatic carbocycles. The molecular formula is C19H26N2O3.